The molecule has 0 aliphatic heterocycles. The van der Waals surface area contributed by atoms with Gasteiger partial charge in [-0.3, -0.25) is 0 Å². The highest BCUT2D eigenvalue weighted by Crippen LogP contribution is 2.28. The van der Waals surface area contributed by atoms with E-state index < -0.39 is 0 Å². The van der Waals surface area contributed by atoms with Crippen LogP contribution in [0.5, 0.6) is 0 Å². The molecule has 0 aliphatic carbocycles. The Morgan fingerprint density at radius 2 is 1.67 bits per heavy atom. The Hall–Kier alpha value is -0.800. The van der Waals surface area contributed by atoms with Crippen molar-refractivity contribution in [2.45, 2.75) is 16.1 Å². The molecule has 0 aromatic heterocycles. The minimum Gasteiger partial charge on any atom is -0.207 e. The molecular weight excluding hydrogens is 311 g/mol. The third kappa shape index (κ3) is 3.59. The molecule has 0 fully saturated rings. The Balaban J connectivity index is 2.06. The molecule has 0 radical (unpaired) electrons. The molecule has 0 amide bonds. The van der Waals surface area contributed by atoms with Gasteiger partial charge in [-0.2, -0.15) is 0 Å². The highest BCUT2D eigenvalue weighted by molar-refractivity contribution is 9.09. The van der Waals surface area contributed by atoms with Crippen LogP contribution in [0.15, 0.2) is 53.4 Å². The van der Waals surface area contributed by atoms with Crippen molar-refractivity contribution in [3.63, 3.8) is 0 Å². The molecule has 0 N–H and O–H groups in total. The number of hydrogen-bond acceptors (Lipinski definition) is 1. The van der Waals surface area contributed by atoms with E-state index in [4.69, 9.17) is 0 Å². The highest BCUT2D eigenvalue weighted by Gasteiger charge is 2.08. The monoisotopic (exact) mass is 324 g/mol. The normalized spacial score (nSPS) is 12.4. The van der Waals surface area contributed by atoms with Crippen molar-refractivity contribution in [2.75, 3.05) is 6.26 Å². The summed E-state index contributed by atoms with van der Waals surface area (Å²) in [5.41, 5.74) is 2.38. The zero-order valence-electron chi connectivity index (χ0n) is 10.1. The molecule has 2 rings (SSSR count). The van der Waals surface area contributed by atoms with E-state index in [1.54, 1.807) is 11.8 Å². The zero-order chi connectivity index (χ0) is 13.0. The molecule has 1 atom stereocenters. The molecule has 0 saturated carbocycles. The van der Waals surface area contributed by atoms with Crippen molar-refractivity contribution in [1.29, 1.82) is 0 Å². The van der Waals surface area contributed by atoms with E-state index in [9.17, 15) is 4.39 Å². The molecule has 2 aromatic carbocycles. The smallest absolute Gasteiger partial charge is 0.123 e. The molecule has 1 unspecified atom stereocenters. The second-order valence-electron chi connectivity index (χ2n) is 4.07. The maximum Gasteiger partial charge on any atom is 0.123 e. The molecule has 0 bridgehead atoms. The minimum atomic E-state index is -0.186. The Labute approximate surface area is 120 Å². The maximum absolute atomic E-state index is 12.8. The van der Waals surface area contributed by atoms with Gasteiger partial charge in [0.25, 0.3) is 0 Å². The van der Waals surface area contributed by atoms with Gasteiger partial charge in [-0.15, -0.1) is 11.8 Å². The second-order valence-corrected chi connectivity index (χ2v) is 6.06. The molecular formula is C15H14BrFS. The third-order valence-electron chi connectivity index (χ3n) is 2.81. The average molecular weight is 325 g/mol. The van der Waals surface area contributed by atoms with Gasteiger partial charge < -0.3 is 0 Å². The van der Waals surface area contributed by atoms with E-state index in [1.165, 1.54) is 22.6 Å². The first-order valence-corrected chi connectivity index (χ1v) is 7.85. The van der Waals surface area contributed by atoms with E-state index in [1.807, 2.05) is 12.1 Å². The quantitative estimate of drug-likeness (QED) is 0.548. The minimum absolute atomic E-state index is 0.186. The van der Waals surface area contributed by atoms with Crippen LogP contribution in [0.3, 0.4) is 0 Å². The third-order valence-corrected chi connectivity index (χ3v) is 4.40. The summed E-state index contributed by atoms with van der Waals surface area (Å²) in [6, 6.07) is 15.2. The van der Waals surface area contributed by atoms with Crippen LogP contribution in [-0.2, 0) is 6.42 Å². The lowest BCUT2D eigenvalue weighted by atomic mass is 10.0. The van der Waals surface area contributed by atoms with Crippen LogP contribution in [0, 0.1) is 5.82 Å². The van der Waals surface area contributed by atoms with Gasteiger partial charge in [-0.05, 0) is 48.1 Å². The lowest BCUT2D eigenvalue weighted by Crippen LogP contribution is -1.95. The van der Waals surface area contributed by atoms with Crippen LogP contribution in [0.4, 0.5) is 4.39 Å². The van der Waals surface area contributed by atoms with Crippen molar-refractivity contribution in [1.82, 2.24) is 0 Å². The first-order chi connectivity index (χ1) is 8.69. The van der Waals surface area contributed by atoms with Gasteiger partial charge in [0.15, 0.2) is 0 Å². The lowest BCUT2D eigenvalue weighted by molar-refractivity contribution is 0.627. The van der Waals surface area contributed by atoms with Gasteiger partial charge in [-0.25, -0.2) is 4.39 Å². The molecule has 0 nitrogen and oxygen atoms in total. The van der Waals surface area contributed by atoms with Crippen LogP contribution in [0.1, 0.15) is 16.0 Å². The first-order valence-electron chi connectivity index (χ1n) is 5.71. The molecule has 94 valence electrons. The van der Waals surface area contributed by atoms with Crippen molar-refractivity contribution >= 4 is 27.7 Å². The van der Waals surface area contributed by atoms with Crippen LogP contribution < -0.4 is 0 Å². The van der Waals surface area contributed by atoms with Crippen LogP contribution >= 0.6 is 27.7 Å². The fraction of sp³-hybridized carbons (Fsp3) is 0.200. The summed E-state index contributed by atoms with van der Waals surface area (Å²) in [7, 11) is 0. The lowest BCUT2D eigenvalue weighted by Gasteiger charge is -2.11. The fourth-order valence-corrected chi connectivity index (χ4v) is 2.85. The molecule has 0 heterocycles. The van der Waals surface area contributed by atoms with E-state index in [-0.39, 0.29) is 10.6 Å². The first kappa shape index (κ1) is 13.6. The number of rotatable bonds is 4. The largest absolute Gasteiger partial charge is 0.207 e. The Kier molecular flexibility index (Phi) is 4.84. The van der Waals surface area contributed by atoms with Crippen LogP contribution in [0.25, 0.3) is 0 Å². The number of benzene rings is 2. The molecule has 3 heteroatoms. The second kappa shape index (κ2) is 6.39. The topological polar surface area (TPSA) is 0 Å². The van der Waals surface area contributed by atoms with Crippen molar-refractivity contribution in [2.24, 2.45) is 0 Å². The van der Waals surface area contributed by atoms with Gasteiger partial charge in [0.2, 0.25) is 0 Å². The number of thioether (sulfide) groups is 1. The average Bonchev–Trinajstić information content (AvgIpc) is 2.41. The van der Waals surface area contributed by atoms with E-state index in [0.717, 1.165) is 12.0 Å². The van der Waals surface area contributed by atoms with Gasteiger partial charge in [0, 0.05) is 9.72 Å². The zero-order valence-corrected chi connectivity index (χ0v) is 12.5. The summed E-state index contributed by atoms with van der Waals surface area (Å²) in [6.07, 6.45) is 2.93. The van der Waals surface area contributed by atoms with E-state index >= 15 is 0 Å². The van der Waals surface area contributed by atoms with Crippen LogP contribution in [0.2, 0.25) is 0 Å². The highest BCUT2D eigenvalue weighted by atomic mass is 79.9. The van der Waals surface area contributed by atoms with Crippen molar-refractivity contribution < 1.29 is 4.39 Å². The standard InChI is InChI=1S/C15H14BrFS/c1-18-14-8-4-12(5-9-14)15(16)10-11-2-6-13(17)7-3-11/h2-9,15H,10H2,1H3. The van der Waals surface area contributed by atoms with Crippen molar-refractivity contribution in [3.8, 4) is 0 Å². The summed E-state index contributed by atoms with van der Waals surface area (Å²) >= 11 is 5.42. The Bertz CT molecular complexity index is 493. The predicted octanol–water partition coefficient (Wildman–Crippen LogP) is 5.23. The number of alkyl halides is 1. The van der Waals surface area contributed by atoms with E-state index in [2.05, 4.69) is 46.5 Å². The van der Waals surface area contributed by atoms with Gasteiger partial charge in [-0.1, -0.05) is 40.2 Å². The molecule has 0 saturated heterocycles. The summed E-state index contributed by atoms with van der Waals surface area (Å²) in [5, 5.41) is 0. The molecule has 2 aromatic rings. The summed E-state index contributed by atoms with van der Waals surface area (Å²) in [5.74, 6) is -0.186. The van der Waals surface area contributed by atoms with Crippen LogP contribution in [-0.4, -0.2) is 6.26 Å². The number of halogens is 2. The Morgan fingerprint density at radius 3 is 2.22 bits per heavy atom. The van der Waals surface area contributed by atoms with Crippen molar-refractivity contribution in [3.05, 3.63) is 65.5 Å². The maximum atomic E-state index is 12.8. The molecule has 18 heavy (non-hydrogen) atoms. The number of hydrogen-bond donors (Lipinski definition) is 0. The summed E-state index contributed by atoms with van der Waals surface area (Å²) in [4.78, 5) is 1.53. The van der Waals surface area contributed by atoms with Gasteiger partial charge in [0.05, 0.1) is 0 Å². The van der Waals surface area contributed by atoms with E-state index in [0.29, 0.717) is 0 Å². The fourth-order valence-electron chi connectivity index (χ4n) is 1.76. The molecule has 0 spiro atoms. The van der Waals surface area contributed by atoms with Gasteiger partial charge >= 0.3 is 0 Å². The SMILES string of the molecule is CSc1ccc(C(Br)Cc2ccc(F)cc2)cc1. The molecule has 0 aliphatic rings. The summed E-state index contributed by atoms with van der Waals surface area (Å²) in [6.45, 7) is 0. The van der Waals surface area contributed by atoms with Gasteiger partial charge in [0.1, 0.15) is 5.82 Å². The summed E-state index contributed by atoms with van der Waals surface area (Å²) < 4.78 is 12.8. The predicted molar refractivity (Wildman–Crippen MR) is 80.0 cm³/mol. The Morgan fingerprint density at radius 1 is 1.06 bits per heavy atom.